The van der Waals surface area contributed by atoms with E-state index in [1.807, 2.05) is 13.8 Å². The van der Waals surface area contributed by atoms with Crippen LogP contribution in [0.1, 0.15) is 52.9 Å². The lowest BCUT2D eigenvalue weighted by atomic mass is 9.99. The van der Waals surface area contributed by atoms with Crippen molar-refractivity contribution in [2.75, 3.05) is 13.1 Å². The van der Waals surface area contributed by atoms with Crippen LogP contribution in [0.4, 0.5) is 0 Å². The van der Waals surface area contributed by atoms with Gasteiger partial charge < -0.3 is 5.32 Å². The van der Waals surface area contributed by atoms with Gasteiger partial charge in [0.05, 0.1) is 0 Å². The van der Waals surface area contributed by atoms with Crippen LogP contribution < -0.4 is 5.32 Å². The minimum atomic E-state index is -0.139. The molecular weight excluding hydrogens is 252 g/mol. The number of nitrogens with zero attached hydrogens (tertiary/aromatic N) is 1. The largest absolute Gasteiger partial charge is 0.314 e. The molecule has 1 heterocycles. The summed E-state index contributed by atoms with van der Waals surface area (Å²) in [6, 6.07) is 0.581. The van der Waals surface area contributed by atoms with Crippen LogP contribution in [0.5, 0.6) is 0 Å². The van der Waals surface area contributed by atoms with Crippen molar-refractivity contribution in [2.24, 2.45) is 17.8 Å². The Balaban J connectivity index is 1.85. The van der Waals surface area contributed by atoms with E-state index in [2.05, 4.69) is 12.2 Å². The predicted molar refractivity (Wildman–Crippen MR) is 79.1 cm³/mol. The maximum atomic E-state index is 12.1. The van der Waals surface area contributed by atoms with E-state index in [-0.39, 0.29) is 23.7 Å². The third kappa shape index (κ3) is 3.05. The Hall–Kier alpha value is -0.900. The zero-order chi connectivity index (χ0) is 14.7. The van der Waals surface area contributed by atoms with Crippen LogP contribution in [0.2, 0.25) is 0 Å². The molecular formula is C16H28N2O2. The average molecular weight is 280 g/mol. The van der Waals surface area contributed by atoms with Gasteiger partial charge in [-0.15, -0.1) is 0 Å². The molecule has 2 fully saturated rings. The first-order valence-electron chi connectivity index (χ1n) is 8.14. The summed E-state index contributed by atoms with van der Waals surface area (Å²) in [4.78, 5) is 25.7. The number of nitrogens with one attached hydrogen (secondary N) is 1. The molecule has 4 atom stereocenters. The highest BCUT2D eigenvalue weighted by atomic mass is 16.2. The molecule has 0 aromatic rings. The molecule has 4 unspecified atom stereocenters. The van der Waals surface area contributed by atoms with E-state index in [9.17, 15) is 9.59 Å². The summed E-state index contributed by atoms with van der Waals surface area (Å²) < 4.78 is 0. The topological polar surface area (TPSA) is 49.4 Å². The molecule has 0 aromatic heterocycles. The second kappa shape index (κ2) is 6.70. The fourth-order valence-corrected chi connectivity index (χ4v) is 3.52. The number of amides is 2. The summed E-state index contributed by atoms with van der Waals surface area (Å²) >= 11 is 0. The summed E-state index contributed by atoms with van der Waals surface area (Å²) in [5.74, 6) is 0.394. The Bertz CT molecular complexity index is 349. The number of imide groups is 1. The van der Waals surface area contributed by atoms with Crippen molar-refractivity contribution < 1.29 is 9.59 Å². The molecule has 1 saturated heterocycles. The monoisotopic (exact) mass is 280 g/mol. The maximum absolute atomic E-state index is 12.1. The van der Waals surface area contributed by atoms with E-state index in [4.69, 9.17) is 0 Å². The molecule has 1 aliphatic carbocycles. The van der Waals surface area contributed by atoms with Gasteiger partial charge >= 0.3 is 0 Å². The molecule has 0 spiro atoms. The highest BCUT2D eigenvalue weighted by molar-refractivity contribution is 6.04. The number of rotatable bonds is 6. The number of likely N-dealkylation sites (tertiary alicyclic amines) is 1. The first-order valence-corrected chi connectivity index (χ1v) is 8.14. The Labute approximate surface area is 122 Å². The van der Waals surface area contributed by atoms with Crippen molar-refractivity contribution in [1.82, 2.24) is 10.2 Å². The lowest BCUT2D eigenvalue weighted by molar-refractivity contribution is -0.140. The van der Waals surface area contributed by atoms with E-state index in [0.29, 0.717) is 18.5 Å². The molecule has 20 heavy (non-hydrogen) atoms. The fourth-order valence-electron chi connectivity index (χ4n) is 3.52. The van der Waals surface area contributed by atoms with E-state index in [1.54, 1.807) is 0 Å². The normalized spacial score (nSPS) is 34.2. The maximum Gasteiger partial charge on any atom is 0.232 e. The number of carbonyl (C=O) groups excluding carboxylic acids is 2. The van der Waals surface area contributed by atoms with Gasteiger partial charge in [0.2, 0.25) is 11.8 Å². The summed E-state index contributed by atoms with van der Waals surface area (Å²) in [5, 5.41) is 3.61. The molecule has 1 saturated carbocycles. The van der Waals surface area contributed by atoms with Gasteiger partial charge in [0.15, 0.2) is 0 Å². The lowest BCUT2D eigenvalue weighted by Gasteiger charge is -2.23. The van der Waals surface area contributed by atoms with Crippen LogP contribution in [0, 0.1) is 17.8 Å². The molecule has 114 valence electrons. The van der Waals surface area contributed by atoms with Gasteiger partial charge in [-0.1, -0.05) is 27.2 Å². The van der Waals surface area contributed by atoms with Crippen LogP contribution in [0.15, 0.2) is 0 Å². The standard InChI is InChI=1S/C16H28N2O2/c1-4-9-17-14-7-5-6-13(14)8-10-18-15(19)11(2)12(3)16(18)20/h11-14,17H,4-10H2,1-3H3. The summed E-state index contributed by atoms with van der Waals surface area (Å²) in [5.41, 5.74) is 0. The van der Waals surface area contributed by atoms with Gasteiger partial charge in [-0.25, -0.2) is 0 Å². The summed E-state index contributed by atoms with van der Waals surface area (Å²) in [6.45, 7) is 7.59. The van der Waals surface area contributed by atoms with E-state index in [1.165, 1.54) is 24.2 Å². The first-order chi connectivity index (χ1) is 9.56. The van der Waals surface area contributed by atoms with Crippen LogP contribution in [-0.2, 0) is 9.59 Å². The molecule has 2 rings (SSSR count). The van der Waals surface area contributed by atoms with Gasteiger partial charge in [-0.3, -0.25) is 14.5 Å². The Morgan fingerprint density at radius 2 is 1.80 bits per heavy atom. The fraction of sp³-hybridized carbons (Fsp3) is 0.875. The van der Waals surface area contributed by atoms with E-state index in [0.717, 1.165) is 19.4 Å². The zero-order valence-electron chi connectivity index (χ0n) is 13.0. The second-order valence-corrected chi connectivity index (χ2v) is 6.45. The van der Waals surface area contributed by atoms with E-state index < -0.39 is 0 Å². The van der Waals surface area contributed by atoms with Crippen LogP contribution in [0.25, 0.3) is 0 Å². The van der Waals surface area contributed by atoms with Crippen LogP contribution in [0.3, 0.4) is 0 Å². The minimum Gasteiger partial charge on any atom is -0.314 e. The third-order valence-electron chi connectivity index (χ3n) is 5.10. The predicted octanol–water partition coefficient (Wildman–Crippen LogP) is 2.19. The molecule has 1 aliphatic heterocycles. The molecule has 0 bridgehead atoms. The molecule has 4 nitrogen and oxygen atoms in total. The molecule has 1 N–H and O–H groups in total. The smallest absolute Gasteiger partial charge is 0.232 e. The quantitative estimate of drug-likeness (QED) is 0.759. The van der Waals surface area contributed by atoms with Crippen LogP contribution in [-0.4, -0.2) is 35.8 Å². The van der Waals surface area contributed by atoms with Gasteiger partial charge in [0.25, 0.3) is 0 Å². The summed E-state index contributed by atoms with van der Waals surface area (Å²) in [6.07, 6.45) is 5.84. The number of hydrogen-bond acceptors (Lipinski definition) is 3. The molecule has 4 heteroatoms. The Kier molecular flexibility index (Phi) is 5.19. The SMILES string of the molecule is CCCNC1CCCC1CCN1C(=O)C(C)C(C)C1=O. The lowest BCUT2D eigenvalue weighted by Crippen LogP contribution is -2.37. The third-order valence-corrected chi connectivity index (χ3v) is 5.10. The molecule has 0 aromatic carbocycles. The molecule has 2 amide bonds. The van der Waals surface area contributed by atoms with Crippen molar-refractivity contribution in [3.05, 3.63) is 0 Å². The van der Waals surface area contributed by atoms with Crippen molar-refractivity contribution in [3.8, 4) is 0 Å². The number of carbonyl (C=O) groups is 2. The average Bonchev–Trinajstić information content (AvgIpc) is 2.96. The van der Waals surface area contributed by atoms with Gasteiger partial charge in [0, 0.05) is 24.4 Å². The van der Waals surface area contributed by atoms with Crippen molar-refractivity contribution >= 4 is 11.8 Å². The van der Waals surface area contributed by atoms with Gasteiger partial charge in [-0.05, 0) is 38.1 Å². The number of hydrogen-bond donors (Lipinski definition) is 1. The van der Waals surface area contributed by atoms with Crippen molar-refractivity contribution in [2.45, 2.75) is 58.9 Å². The highest BCUT2D eigenvalue weighted by Gasteiger charge is 2.42. The van der Waals surface area contributed by atoms with E-state index >= 15 is 0 Å². The van der Waals surface area contributed by atoms with Gasteiger partial charge in [-0.2, -0.15) is 0 Å². The Morgan fingerprint density at radius 1 is 1.15 bits per heavy atom. The van der Waals surface area contributed by atoms with Crippen molar-refractivity contribution in [3.63, 3.8) is 0 Å². The molecule has 2 aliphatic rings. The first kappa shape index (κ1) is 15.5. The van der Waals surface area contributed by atoms with Crippen molar-refractivity contribution in [1.29, 1.82) is 0 Å². The zero-order valence-corrected chi connectivity index (χ0v) is 13.0. The highest BCUT2D eigenvalue weighted by Crippen LogP contribution is 2.31. The Morgan fingerprint density at radius 3 is 2.40 bits per heavy atom. The minimum absolute atomic E-state index is 0.0264. The second-order valence-electron chi connectivity index (χ2n) is 6.45. The summed E-state index contributed by atoms with van der Waals surface area (Å²) in [7, 11) is 0. The van der Waals surface area contributed by atoms with Crippen LogP contribution >= 0.6 is 0 Å². The van der Waals surface area contributed by atoms with Gasteiger partial charge in [0.1, 0.15) is 0 Å². The molecule has 0 radical (unpaired) electrons.